The van der Waals surface area contributed by atoms with E-state index in [0.29, 0.717) is 11.7 Å². The zero-order chi connectivity index (χ0) is 13.9. The molecular formula is C13H17N3O2S2. The summed E-state index contributed by atoms with van der Waals surface area (Å²) >= 11 is 2.86. The van der Waals surface area contributed by atoms with E-state index in [1.54, 1.807) is 16.2 Å². The number of carbonyl (C=O) groups is 2. The molecule has 0 aromatic carbocycles. The number of amides is 2. The van der Waals surface area contributed by atoms with Gasteiger partial charge in [-0.05, 0) is 25.7 Å². The summed E-state index contributed by atoms with van der Waals surface area (Å²) in [4.78, 5) is 30.8. The van der Waals surface area contributed by atoms with Crippen LogP contribution in [0.1, 0.15) is 29.8 Å². The molecule has 2 heterocycles. The van der Waals surface area contributed by atoms with Crippen molar-refractivity contribution in [1.29, 1.82) is 0 Å². The average molecular weight is 311 g/mol. The van der Waals surface area contributed by atoms with Gasteiger partial charge in [0.05, 0.1) is 5.69 Å². The maximum atomic E-state index is 11.9. The smallest absolute Gasteiger partial charge is 0.282 e. The molecule has 3 rings (SSSR count). The van der Waals surface area contributed by atoms with E-state index >= 15 is 0 Å². The number of rotatable bonds is 3. The molecule has 1 saturated heterocycles. The molecule has 1 fully saturated rings. The fourth-order valence-corrected chi connectivity index (χ4v) is 4.37. The molecule has 1 aromatic heterocycles. The van der Waals surface area contributed by atoms with Crippen molar-refractivity contribution in [2.75, 3.05) is 24.2 Å². The fraction of sp³-hybridized carbons (Fsp3) is 0.615. The molecule has 0 atom stereocenters. The van der Waals surface area contributed by atoms with Crippen LogP contribution in [-0.4, -0.2) is 39.9 Å². The molecule has 20 heavy (non-hydrogen) atoms. The summed E-state index contributed by atoms with van der Waals surface area (Å²) in [6.45, 7) is 0.793. The normalized spacial score (nSPS) is 18.8. The summed E-state index contributed by atoms with van der Waals surface area (Å²) in [5.41, 5.74) is 1.15. The van der Waals surface area contributed by atoms with E-state index in [2.05, 4.69) is 10.3 Å². The number of fused-ring (bicyclic) bond motifs is 1. The molecule has 0 radical (unpaired) electrons. The maximum Gasteiger partial charge on any atom is 0.282 e. The molecule has 2 amide bonds. The number of hydrogen-bond acceptors (Lipinski definition) is 5. The number of aromatic nitrogens is 1. The van der Waals surface area contributed by atoms with E-state index in [4.69, 9.17) is 0 Å². The predicted octanol–water partition coefficient (Wildman–Crippen LogP) is 2.52. The van der Waals surface area contributed by atoms with Crippen molar-refractivity contribution in [2.45, 2.75) is 32.1 Å². The third-order valence-electron chi connectivity index (χ3n) is 3.52. The molecule has 0 bridgehead atoms. The summed E-state index contributed by atoms with van der Waals surface area (Å²) < 4.78 is 0. The lowest BCUT2D eigenvalue weighted by Crippen LogP contribution is -2.33. The lowest BCUT2D eigenvalue weighted by atomic mass is 10.2. The van der Waals surface area contributed by atoms with Crippen molar-refractivity contribution < 1.29 is 9.59 Å². The number of aryl methyl sites for hydroxylation is 2. The third-order valence-corrected chi connectivity index (χ3v) is 5.49. The van der Waals surface area contributed by atoms with Gasteiger partial charge in [0.1, 0.15) is 6.54 Å². The minimum atomic E-state index is -0.148. The van der Waals surface area contributed by atoms with E-state index in [0.717, 1.165) is 24.3 Å². The summed E-state index contributed by atoms with van der Waals surface area (Å²) in [6, 6.07) is 0. The summed E-state index contributed by atoms with van der Waals surface area (Å²) in [5, 5.41) is 3.51. The number of anilines is 1. The van der Waals surface area contributed by atoms with Crippen molar-refractivity contribution >= 4 is 39.4 Å². The largest absolute Gasteiger partial charge is 0.323 e. The highest BCUT2D eigenvalue weighted by atomic mass is 32.2. The van der Waals surface area contributed by atoms with Crippen LogP contribution < -0.4 is 5.32 Å². The highest BCUT2D eigenvalue weighted by Crippen LogP contribution is 2.29. The maximum absolute atomic E-state index is 11.9. The van der Waals surface area contributed by atoms with E-state index < -0.39 is 0 Å². The molecule has 1 aliphatic carbocycles. The zero-order valence-corrected chi connectivity index (χ0v) is 12.8. The number of hydrogen-bond donors (Lipinski definition) is 1. The van der Waals surface area contributed by atoms with Crippen LogP contribution in [0.15, 0.2) is 0 Å². The van der Waals surface area contributed by atoms with Crippen LogP contribution >= 0.6 is 23.1 Å². The lowest BCUT2D eigenvalue weighted by molar-refractivity contribution is -0.116. The van der Waals surface area contributed by atoms with Crippen LogP contribution in [0, 0.1) is 0 Å². The predicted molar refractivity (Wildman–Crippen MR) is 81.4 cm³/mol. The Hall–Kier alpha value is -1.08. The van der Waals surface area contributed by atoms with Gasteiger partial charge in [0.15, 0.2) is 5.13 Å². The van der Waals surface area contributed by atoms with Crippen molar-refractivity contribution in [2.24, 2.45) is 0 Å². The molecule has 0 saturated carbocycles. The minimum Gasteiger partial charge on any atom is -0.323 e. The molecule has 0 unspecified atom stereocenters. The van der Waals surface area contributed by atoms with Crippen LogP contribution in [0.2, 0.25) is 0 Å². The minimum absolute atomic E-state index is 0.00456. The molecule has 2 aliphatic rings. The summed E-state index contributed by atoms with van der Waals surface area (Å²) in [6.07, 6.45) is 5.75. The first-order valence-electron chi connectivity index (χ1n) is 6.92. The first-order valence-corrected chi connectivity index (χ1v) is 8.73. The van der Waals surface area contributed by atoms with Crippen LogP contribution in [0.4, 0.5) is 9.93 Å². The Morgan fingerprint density at radius 3 is 2.95 bits per heavy atom. The first-order chi connectivity index (χ1) is 9.72. The Morgan fingerprint density at radius 2 is 2.15 bits per heavy atom. The summed E-state index contributed by atoms with van der Waals surface area (Å²) in [5.74, 6) is 0.627. The average Bonchev–Trinajstić information content (AvgIpc) is 2.90. The molecule has 0 spiro atoms. The highest BCUT2D eigenvalue weighted by Gasteiger charge is 2.24. The third kappa shape index (κ3) is 3.15. The van der Waals surface area contributed by atoms with Crippen molar-refractivity contribution in [3.63, 3.8) is 0 Å². The zero-order valence-electron chi connectivity index (χ0n) is 11.2. The molecule has 1 aromatic rings. The number of thioether (sulfide) groups is 1. The Kier molecular flexibility index (Phi) is 4.26. The topological polar surface area (TPSA) is 62.3 Å². The highest BCUT2D eigenvalue weighted by molar-refractivity contribution is 8.13. The monoisotopic (exact) mass is 311 g/mol. The molecular weight excluding hydrogens is 294 g/mol. The second kappa shape index (κ2) is 6.13. The van der Waals surface area contributed by atoms with E-state index in [-0.39, 0.29) is 17.7 Å². The van der Waals surface area contributed by atoms with Gasteiger partial charge in [-0.2, -0.15) is 0 Å². The van der Waals surface area contributed by atoms with Crippen LogP contribution in [-0.2, 0) is 17.6 Å². The van der Waals surface area contributed by atoms with Gasteiger partial charge in [0, 0.05) is 17.2 Å². The fourth-order valence-electron chi connectivity index (χ4n) is 2.48. The summed E-state index contributed by atoms with van der Waals surface area (Å²) in [7, 11) is 0. The lowest BCUT2D eigenvalue weighted by Gasteiger charge is -2.12. The second-order valence-electron chi connectivity index (χ2n) is 5.03. The molecule has 1 N–H and O–H groups in total. The number of thiazole rings is 1. The van der Waals surface area contributed by atoms with E-state index in [1.165, 1.54) is 35.9 Å². The first kappa shape index (κ1) is 13.9. The van der Waals surface area contributed by atoms with Crippen LogP contribution in [0.25, 0.3) is 0 Å². The van der Waals surface area contributed by atoms with E-state index in [9.17, 15) is 9.59 Å². The van der Waals surface area contributed by atoms with Crippen LogP contribution in [0.3, 0.4) is 0 Å². The quantitative estimate of drug-likeness (QED) is 0.871. The van der Waals surface area contributed by atoms with Gasteiger partial charge >= 0.3 is 0 Å². The van der Waals surface area contributed by atoms with Gasteiger partial charge in [0.25, 0.3) is 5.24 Å². The Morgan fingerprint density at radius 1 is 1.30 bits per heavy atom. The second-order valence-corrected chi connectivity index (χ2v) is 7.16. The molecule has 5 nitrogen and oxygen atoms in total. The molecule has 7 heteroatoms. The van der Waals surface area contributed by atoms with Crippen molar-refractivity contribution in [1.82, 2.24) is 9.88 Å². The van der Waals surface area contributed by atoms with Crippen molar-refractivity contribution in [3.8, 4) is 0 Å². The molecule has 108 valence electrons. The van der Waals surface area contributed by atoms with Gasteiger partial charge in [-0.25, -0.2) is 4.98 Å². The molecule has 1 aliphatic heterocycles. The Bertz CT molecular complexity index is 506. The Labute approximate surface area is 126 Å². The standard InChI is InChI=1S/C13H17N3O2S2/c17-11(8-16-6-7-19-13(16)18)15-12-14-9-4-2-1-3-5-10(9)20-12/h1-8H2,(H,14,15,17). The van der Waals surface area contributed by atoms with Crippen LogP contribution in [0.5, 0.6) is 0 Å². The van der Waals surface area contributed by atoms with Gasteiger partial charge in [-0.1, -0.05) is 18.2 Å². The van der Waals surface area contributed by atoms with E-state index in [1.807, 2.05) is 0 Å². The van der Waals surface area contributed by atoms with Gasteiger partial charge in [-0.15, -0.1) is 11.3 Å². The van der Waals surface area contributed by atoms with Gasteiger partial charge in [-0.3, -0.25) is 9.59 Å². The number of nitrogens with one attached hydrogen (secondary N) is 1. The van der Waals surface area contributed by atoms with Crippen molar-refractivity contribution in [3.05, 3.63) is 10.6 Å². The number of nitrogens with zero attached hydrogens (tertiary/aromatic N) is 2. The van der Waals surface area contributed by atoms with Gasteiger partial charge in [0.2, 0.25) is 5.91 Å². The Balaban J connectivity index is 1.60. The van der Waals surface area contributed by atoms with Gasteiger partial charge < -0.3 is 10.2 Å². The SMILES string of the molecule is O=C(CN1CCSC1=O)Nc1nc2c(s1)CCCCC2. The number of carbonyl (C=O) groups excluding carboxylic acids is 2.